The molecule has 2 aromatic rings. The number of para-hydroxylation sites is 1. The van der Waals surface area contributed by atoms with Gasteiger partial charge in [0, 0.05) is 11.6 Å². The van der Waals surface area contributed by atoms with Crippen LogP contribution in [0.25, 0.3) is 0 Å². The summed E-state index contributed by atoms with van der Waals surface area (Å²) in [4.78, 5) is 9.84. The fourth-order valence-electron chi connectivity index (χ4n) is 1.54. The van der Waals surface area contributed by atoms with Gasteiger partial charge in [-0.3, -0.25) is 10.1 Å². The predicted octanol–water partition coefficient (Wildman–Crippen LogP) is 3.97. The van der Waals surface area contributed by atoms with Crippen LogP contribution in [0.5, 0.6) is 5.75 Å². The van der Waals surface area contributed by atoms with Crippen molar-refractivity contribution < 1.29 is 14.1 Å². The molecule has 2 rings (SSSR count). The van der Waals surface area contributed by atoms with Crippen molar-refractivity contribution in [1.82, 2.24) is 0 Å². The first-order valence-corrected chi connectivity index (χ1v) is 5.76. The van der Waals surface area contributed by atoms with Gasteiger partial charge in [0.2, 0.25) is 5.82 Å². The van der Waals surface area contributed by atoms with E-state index in [0.29, 0.717) is 10.8 Å². The van der Waals surface area contributed by atoms with Gasteiger partial charge < -0.3 is 4.74 Å². The first-order chi connectivity index (χ1) is 9.09. The largest absolute Gasteiger partial charge is 0.487 e. The Labute approximate surface area is 113 Å². The van der Waals surface area contributed by atoms with Crippen molar-refractivity contribution in [2.45, 2.75) is 6.61 Å². The van der Waals surface area contributed by atoms with Crippen LogP contribution in [-0.4, -0.2) is 4.92 Å². The van der Waals surface area contributed by atoms with E-state index in [4.69, 9.17) is 16.3 Å². The maximum Gasteiger partial charge on any atom is 0.305 e. The van der Waals surface area contributed by atoms with Crippen molar-refractivity contribution in [2.24, 2.45) is 0 Å². The molecule has 98 valence electrons. The zero-order valence-electron chi connectivity index (χ0n) is 9.68. The Morgan fingerprint density at radius 1 is 1.21 bits per heavy atom. The zero-order chi connectivity index (χ0) is 13.8. The van der Waals surface area contributed by atoms with Gasteiger partial charge in [-0.1, -0.05) is 35.9 Å². The van der Waals surface area contributed by atoms with E-state index in [-0.39, 0.29) is 12.2 Å². The predicted molar refractivity (Wildman–Crippen MR) is 68.8 cm³/mol. The van der Waals surface area contributed by atoms with E-state index >= 15 is 0 Å². The number of ether oxygens (including phenoxy) is 1. The summed E-state index contributed by atoms with van der Waals surface area (Å²) in [5, 5.41) is 11.0. The standard InChI is InChI=1S/C13H9ClFNO3/c14-10-5-1-2-7-12(10)19-8-9-4-3-6-11(13(9)15)16(17)18/h1-7H,8H2. The molecule has 0 aliphatic heterocycles. The normalized spacial score (nSPS) is 10.2. The Morgan fingerprint density at radius 3 is 2.63 bits per heavy atom. The number of benzene rings is 2. The molecule has 0 N–H and O–H groups in total. The molecule has 0 saturated heterocycles. The van der Waals surface area contributed by atoms with Crippen LogP contribution in [0.3, 0.4) is 0 Å². The van der Waals surface area contributed by atoms with Crippen molar-refractivity contribution >= 4 is 17.3 Å². The lowest BCUT2D eigenvalue weighted by Gasteiger charge is -2.08. The summed E-state index contributed by atoms with van der Waals surface area (Å²) in [5.41, 5.74) is -0.464. The second-order valence-corrected chi connectivity index (χ2v) is 4.13. The third kappa shape index (κ3) is 3.00. The number of nitro groups is 1. The monoisotopic (exact) mass is 281 g/mol. The van der Waals surface area contributed by atoms with Crippen LogP contribution in [0.2, 0.25) is 5.02 Å². The molecule has 6 heteroatoms. The average Bonchev–Trinajstić information content (AvgIpc) is 2.39. The van der Waals surface area contributed by atoms with Crippen LogP contribution >= 0.6 is 11.6 Å². The molecule has 0 atom stereocenters. The molecule has 0 spiro atoms. The Hall–Kier alpha value is -2.14. The molecule has 0 heterocycles. The number of halogens is 2. The van der Waals surface area contributed by atoms with Crippen LogP contribution in [0.15, 0.2) is 42.5 Å². The number of nitrogens with zero attached hydrogens (tertiary/aromatic N) is 1. The highest BCUT2D eigenvalue weighted by molar-refractivity contribution is 6.32. The second kappa shape index (κ2) is 5.67. The second-order valence-electron chi connectivity index (χ2n) is 3.73. The minimum absolute atomic E-state index is 0.106. The molecule has 0 radical (unpaired) electrons. The van der Waals surface area contributed by atoms with Gasteiger partial charge in [0.15, 0.2) is 0 Å². The van der Waals surface area contributed by atoms with E-state index in [2.05, 4.69) is 0 Å². The first-order valence-electron chi connectivity index (χ1n) is 5.38. The van der Waals surface area contributed by atoms with E-state index in [1.807, 2.05) is 0 Å². The molecular formula is C13H9ClFNO3. The summed E-state index contributed by atoms with van der Waals surface area (Å²) in [6, 6.07) is 10.7. The van der Waals surface area contributed by atoms with Gasteiger partial charge >= 0.3 is 5.69 Å². The van der Waals surface area contributed by atoms with E-state index in [1.165, 1.54) is 12.1 Å². The highest BCUT2D eigenvalue weighted by Gasteiger charge is 2.17. The van der Waals surface area contributed by atoms with Gasteiger partial charge in [0.25, 0.3) is 0 Å². The highest BCUT2D eigenvalue weighted by Crippen LogP contribution is 2.26. The van der Waals surface area contributed by atoms with Crippen LogP contribution in [-0.2, 0) is 6.61 Å². The molecule has 0 amide bonds. The molecule has 0 aliphatic carbocycles. The van der Waals surface area contributed by atoms with E-state index in [1.54, 1.807) is 24.3 Å². The number of hydrogen-bond acceptors (Lipinski definition) is 3. The van der Waals surface area contributed by atoms with Crippen molar-refractivity contribution in [3.05, 3.63) is 69.0 Å². The summed E-state index contributed by atoms with van der Waals surface area (Å²) >= 11 is 5.89. The number of nitro benzene ring substituents is 1. The Balaban J connectivity index is 2.19. The third-order valence-corrected chi connectivity index (χ3v) is 2.79. The van der Waals surface area contributed by atoms with Crippen LogP contribution < -0.4 is 4.74 Å². The maximum atomic E-state index is 13.8. The van der Waals surface area contributed by atoms with Gasteiger partial charge in [0.05, 0.1) is 9.95 Å². The van der Waals surface area contributed by atoms with Crippen LogP contribution in [0, 0.1) is 15.9 Å². The molecule has 0 aromatic heterocycles. The van der Waals surface area contributed by atoms with Gasteiger partial charge in [-0.25, -0.2) is 0 Å². The van der Waals surface area contributed by atoms with E-state index < -0.39 is 16.4 Å². The fourth-order valence-corrected chi connectivity index (χ4v) is 1.73. The lowest BCUT2D eigenvalue weighted by Crippen LogP contribution is -2.02. The summed E-state index contributed by atoms with van der Waals surface area (Å²) < 4.78 is 19.1. The van der Waals surface area contributed by atoms with Crippen molar-refractivity contribution in [3.8, 4) is 5.75 Å². The SMILES string of the molecule is O=[N+]([O-])c1cccc(COc2ccccc2Cl)c1F. The van der Waals surface area contributed by atoms with Crippen molar-refractivity contribution in [2.75, 3.05) is 0 Å². The minimum Gasteiger partial charge on any atom is -0.487 e. The van der Waals surface area contributed by atoms with E-state index in [0.717, 1.165) is 6.07 Å². The lowest BCUT2D eigenvalue weighted by molar-refractivity contribution is -0.387. The van der Waals surface area contributed by atoms with Gasteiger partial charge in [-0.05, 0) is 12.1 Å². The molecular weight excluding hydrogens is 273 g/mol. The van der Waals surface area contributed by atoms with Crippen LogP contribution in [0.1, 0.15) is 5.56 Å². The molecule has 0 unspecified atom stereocenters. The third-order valence-electron chi connectivity index (χ3n) is 2.47. The molecule has 0 fully saturated rings. The van der Waals surface area contributed by atoms with Gasteiger partial charge in [-0.15, -0.1) is 0 Å². The Morgan fingerprint density at radius 2 is 1.95 bits per heavy atom. The fraction of sp³-hybridized carbons (Fsp3) is 0.0769. The van der Waals surface area contributed by atoms with Crippen LogP contribution in [0.4, 0.5) is 10.1 Å². The van der Waals surface area contributed by atoms with Crippen molar-refractivity contribution in [3.63, 3.8) is 0 Å². The summed E-state index contributed by atoms with van der Waals surface area (Å²) in [6.45, 7) is -0.128. The smallest absolute Gasteiger partial charge is 0.305 e. The average molecular weight is 282 g/mol. The molecule has 0 saturated carbocycles. The quantitative estimate of drug-likeness (QED) is 0.629. The number of hydrogen-bond donors (Lipinski definition) is 0. The highest BCUT2D eigenvalue weighted by atomic mass is 35.5. The summed E-state index contributed by atoms with van der Waals surface area (Å²) in [6.07, 6.45) is 0. The molecule has 0 aliphatic rings. The molecule has 0 bridgehead atoms. The zero-order valence-corrected chi connectivity index (χ0v) is 10.4. The maximum absolute atomic E-state index is 13.8. The van der Waals surface area contributed by atoms with E-state index in [9.17, 15) is 14.5 Å². The lowest BCUT2D eigenvalue weighted by atomic mass is 10.2. The Kier molecular flexibility index (Phi) is 3.97. The van der Waals surface area contributed by atoms with Gasteiger partial charge in [0.1, 0.15) is 12.4 Å². The number of rotatable bonds is 4. The van der Waals surface area contributed by atoms with Crippen molar-refractivity contribution in [1.29, 1.82) is 0 Å². The first kappa shape index (κ1) is 13.3. The molecule has 4 nitrogen and oxygen atoms in total. The molecule has 19 heavy (non-hydrogen) atoms. The van der Waals surface area contributed by atoms with Gasteiger partial charge in [-0.2, -0.15) is 4.39 Å². The summed E-state index contributed by atoms with van der Waals surface area (Å²) in [5.74, 6) is -0.491. The molecule has 2 aromatic carbocycles. The Bertz CT molecular complexity index is 619. The summed E-state index contributed by atoms with van der Waals surface area (Å²) in [7, 11) is 0. The minimum atomic E-state index is -0.889. The topological polar surface area (TPSA) is 52.4 Å².